The van der Waals surface area contributed by atoms with Gasteiger partial charge in [-0.15, -0.1) is 0 Å². The van der Waals surface area contributed by atoms with Crippen molar-refractivity contribution < 1.29 is 4.74 Å². The molecule has 3 atom stereocenters. The highest BCUT2D eigenvalue weighted by Crippen LogP contribution is 2.63. The van der Waals surface area contributed by atoms with Gasteiger partial charge in [-0.05, 0) is 36.2 Å². The van der Waals surface area contributed by atoms with Crippen molar-refractivity contribution in [3.05, 3.63) is 35.9 Å². The van der Waals surface area contributed by atoms with Crippen LogP contribution < -0.4 is 0 Å². The largest absolute Gasteiger partial charge is 0.373 e. The molecule has 1 aromatic rings. The topological polar surface area (TPSA) is 9.23 Å². The molecule has 15 heavy (non-hydrogen) atoms. The van der Waals surface area contributed by atoms with Gasteiger partial charge in [0.15, 0.2) is 0 Å². The van der Waals surface area contributed by atoms with E-state index in [0.29, 0.717) is 11.5 Å². The highest BCUT2D eigenvalue weighted by molar-refractivity contribution is 5.14. The van der Waals surface area contributed by atoms with Crippen molar-refractivity contribution in [2.45, 2.75) is 38.9 Å². The van der Waals surface area contributed by atoms with Gasteiger partial charge in [0.25, 0.3) is 0 Å². The van der Waals surface area contributed by atoms with E-state index in [1.54, 1.807) is 0 Å². The molecule has 2 saturated carbocycles. The van der Waals surface area contributed by atoms with Gasteiger partial charge in [-0.2, -0.15) is 0 Å². The van der Waals surface area contributed by atoms with Crippen LogP contribution in [0.1, 0.15) is 31.7 Å². The molecule has 0 N–H and O–H groups in total. The van der Waals surface area contributed by atoms with Crippen LogP contribution in [0.5, 0.6) is 0 Å². The fourth-order valence-electron chi connectivity index (χ4n) is 2.96. The van der Waals surface area contributed by atoms with Crippen molar-refractivity contribution in [2.24, 2.45) is 11.3 Å². The van der Waals surface area contributed by atoms with Crippen LogP contribution in [0, 0.1) is 11.3 Å². The Kier molecular flexibility index (Phi) is 2.10. The zero-order valence-corrected chi connectivity index (χ0v) is 9.28. The Balaban J connectivity index is 1.55. The summed E-state index contributed by atoms with van der Waals surface area (Å²) in [4.78, 5) is 0. The molecule has 0 unspecified atom stereocenters. The molecule has 80 valence electrons. The Labute approximate surface area is 91.5 Å². The van der Waals surface area contributed by atoms with Gasteiger partial charge in [0, 0.05) is 0 Å². The lowest BCUT2D eigenvalue weighted by atomic mass is 10.1. The zero-order chi connectivity index (χ0) is 10.3. The molecule has 0 aliphatic heterocycles. The Morgan fingerprint density at radius 2 is 2.13 bits per heavy atom. The van der Waals surface area contributed by atoms with E-state index in [0.717, 1.165) is 12.5 Å². The van der Waals surface area contributed by atoms with Crippen LogP contribution in [-0.4, -0.2) is 6.10 Å². The van der Waals surface area contributed by atoms with E-state index < -0.39 is 0 Å². The van der Waals surface area contributed by atoms with E-state index in [4.69, 9.17) is 4.74 Å². The third-order valence-corrected chi connectivity index (χ3v) is 4.18. The highest BCUT2D eigenvalue weighted by Gasteiger charge is 2.58. The summed E-state index contributed by atoms with van der Waals surface area (Å²) in [6.07, 6.45) is 4.58. The van der Waals surface area contributed by atoms with Gasteiger partial charge in [0.1, 0.15) is 0 Å². The lowest BCUT2D eigenvalue weighted by Gasteiger charge is -2.12. The van der Waals surface area contributed by atoms with Crippen LogP contribution in [0.3, 0.4) is 0 Å². The molecular formula is C14H18O. The summed E-state index contributed by atoms with van der Waals surface area (Å²) in [6, 6.07) is 10.5. The van der Waals surface area contributed by atoms with Crippen LogP contribution in [-0.2, 0) is 11.3 Å². The molecule has 0 amide bonds. The minimum absolute atomic E-state index is 0.537. The van der Waals surface area contributed by atoms with E-state index in [1.165, 1.54) is 24.8 Å². The lowest BCUT2D eigenvalue weighted by Crippen LogP contribution is -2.11. The summed E-state index contributed by atoms with van der Waals surface area (Å²) in [6.45, 7) is 3.20. The predicted molar refractivity (Wildman–Crippen MR) is 60.5 cm³/mol. The monoisotopic (exact) mass is 202 g/mol. The fraction of sp³-hybridized carbons (Fsp3) is 0.571. The van der Waals surface area contributed by atoms with Gasteiger partial charge in [0.05, 0.1) is 12.7 Å². The molecule has 1 aromatic carbocycles. The van der Waals surface area contributed by atoms with Crippen LogP contribution in [0.25, 0.3) is 0 Å². The van der Waals surface area contributed by atoms with E-state index in [1.807, 2.05) is 0 Å². The normalized spacial score (nSPS) is 37.7. The summed E-state index contributed by atoms with van der Waals surface area (Å²) in [7, 11) is 0. The Hall–Kier alpha value is -0.820. The zero-order valence-electron chi connectivity index (χ0n) is 9.28. The number of benzene rings is 1. The van der Waals surface area contributed by atoms with Gasteiger partial charge < -0.3 is 4.74 Å². The molecule has 2 aliphatic rings. The lowest BCUT2D eigenvalue weighted by molar-refractivity contribution is 0.0304. The number of hydrogen-bond acceptors (Lipinski definition) is 1. The summed E-state index contributed by atoms with van der Waals surface area (Å²) in [5.41, 5.74) is 1.95. The van der Waals surface area contributed by atoms with Crippen molar-refractivity contribution in [3.8, 4) is 0 Å². The second-order valence-corrected chi connectivity index (χ2v) is 5.34. The van der Waals surface area contributed by atoms with E-state index in [9.17, 15) is 0 Å². The maximum atomic E-state index is 6.01. The Morgan fingerprint density at radius 3 is 2.73 bits per heavy atom. The van der Waals surface area contributed by atoms with Gasteiger partial charge in [-0.3, -0.25) is 0 Å². The maximum Gasteiger partial charge on any atom is 0.0720 e. The molecule has 0 aromatic heterocycles. The molecule has 2 fully saturated rings. The summed E-state index contributed by atoms with van der Waals surface area (Å²) in [5, 5.41) is 0. The van der Waals surface area contributed by atoms with Gasteiger partial charge in [0.2, 0.25) is 0 Å². The average molecular weight is 202 g/mol. The third-order valence-electron chi connectivity index (χ3n) is 4.18. The Bertz CT molecular complexity index is 346. The first-order chi connectivity index (χ1) is 7.28. The predicted octanol–water partition coefficient (Wildman–Crippen LogP) is 3.39. The van der Waals surface area contributed by atoms with E-state index >= 15 is 0 Å². The third kappa shape index (κ3) is 1.69. The molecule has 0 heterocycles. The molecular weight excluding hydrogens is 184 g/mol. The SMILES string of the molecule is C[C@]12CC[C@@H](OCc3ccccc3)[C@H]1C2. The molecule has 3 rings (SSSR count). The standard InChI is InChI=1S/C14H18O/c1-14-8-7-13(12(14)9-14)15-10-11-5-3-2-4-6-11/h2-6,12-13H,7-10H2,1H3/t12-,13-,14-/m1/s1. The minimum Gasteiger partial charge on any atom is -0.373 e. The van der Waals surface area contributed by atoms with Crippen molar-refractivity contribution in [1.82, 2.24) is 0 Å². The number of rotatable bonds is 3. The van der Waals surface area contributed by atoms with Crippen molar-refractivity contribution in [1.29, 1.82) is 0 Å². The molecule has 2 aliphatic carbocycles. The summed E-state index contributed by atoms with van der Waals surface area (Å²) < 4.78 is 6.01. The van der Waals surface area contributed by atoms with E-state index in [-0.39, 0.29) is 0 Å². The second-order valence-electron chi connectivity index (χ2n) is 5.34. The number of hydrogen-bond donors (Lipinski definition) is 0. The maximum absolute atomic E-state index is 6.01. The molecule has 0 bridgehead atoms. The first-order valence-electron chi connectivity index (χ1n) is 5.93. The first-order valence-corrected chi connectivity index (χ1v) is 5.93. The Morgan fingerprint density at radius 1 is 1.33 bits per heavy atom. The molecule has 0 radical (unpaired) electrons. The van der Waals surface area contributed by atoms with Crippen molar-refractivity contribution in [2.75, 3.05) is 0 Å². The molecule has 0 spiro atoms. The number of fused-ring (bicyclic) bond motifs is 1. The second kappa shape index (κ2) is 3.34. The van der Waals surface area contributed by atoms with Gasteiger partial charge >= 0.3 is 0 Å². The highest BCUT2D eigenvalue weighted by atomic mass is 16.5. The average Bonchev–Trinajstić information content (AvgIpc) is 2.84. The smallest absolute Gasteiger partial charge is 0.0720 e. The molecule has 0 saturated heterocycles. The number of ether oxygens (including phenoxy) is 1. The van der Waals surface area contributed by atoms with Crippen LogP contribution in [0.15, 0.2) is 30.3 Å². The van der Waals surface area contributed by atoms with Crippen LogP contribution >= 0.6 is 0 Å². The van der Waals surface area contributed by atoms with Crippen molar-refractivity contribution in [3.63, 3.8) is 0 Å². The first kappa shape index (κ1) is 9.41. The summed E-state index contributed by atoms with van der Waals surface area (Å²) >= 11 is 0. The molecule has 1 nitrogen and oxygen atoms in total. The van der Waals surface area contributed by atoms with Gasteiger partial charge in [-0.25, -0.2) is 0 Å². The van der Waals surface area contributed by atoms with Gasteiger partial charge in [-0.1, -0.05) is 37.3 Å². The fourth-order valence-corrected chi connectivity index (χ4v) is 2.96. The molecule has 1 heteroatoms. The van der Waals surface area contributed by atoms with Crippen LogP contribution in [0.4, 0.5) is 0 Å². The summed E-state index contributed by atoms with van der Waals surface area (Å²) in [5.74, 6) is 0.862. The minimum atomic E-state index is 0.537. The van der Waals surface area contributed by atoms with Crippen LogP contribution in [0.2, 0.25) is 0 Å². The van der Waals surface area contributed by atoms with Crippen molar-refractivity contribution >= 4 is 0 Å². The quantitative estimate of drug-likeness (QED) is 0.730. The van der Waals surface area contributed by atoms with E-state index in [2.05, 4.69) is 37.3 Å².